The van der Waals surface area contributed by atoms with Crippen LogP contribution in [-0.2, 0) is 6.54 Å². The maximum absolute atomic E-state index is 9.24. The van der Waals surface area contributed by atoms with E-state index in [0.717, 1.165) is 5.56 Å². The third kappa shape index (κ3) is 3.55. The SMILES string of the molecule is OCC(CO)(CO)NCc1ccc(O)c(Cl)c1. The molecule has 0 amide bonds. The van der Waals surface area contributed by atoms with Crippen LogP contribution in [-0.4, -0.2) is 45.8 Å². The van der Waals surface area contributed by atoms with Gasteiger partial charge in [0.2, 0.25) is 0 Å². The van der Waals surface area contributed by atoms with E-state index in [4.69, 9.17) is 26.9 Å². The number of aliphatic hydroxyl groups is 3. The Labute approximate surface area is 104 Å². The number of phenols is 1. The number of nitrogens with one attached hydrogen (secondary N) is 1. The second kappa shape index (κ2) is 6.18. The number of halogens is 1. The summed E-state index contributed by atoms with van der Waals surface area (Å²) < 4.78 is 0. The molecule has 0 unspecified atom stereocenters. The lowest BCUT2D eigenvalue weighted by Crippen LogP contribution is -2.54. The van der Waals surface area contributed by atoms with E-state index in [9.17, 15) is 5.11 Å². The van der Waals surface area contributed by atoms with Crippen molar-refractivity contribution in [2.24, 2.45) is 0 Å². The fraction of sp³-hybridized carbons (Fsp3) is 0.455. The van der Waals surface area contributed by atoms with Crippen molar-refractivity contribution in [1.29, 1.82) is 0 Å². The first kappa shape index (κ1) is 14.2. The Balaban J connectivity index is 2.68. The monoisotopic (exact) mass is 261 g/mol. The van der Waals surface area contributed by atoms with Crippen molar-refractivity contribution in [2.45, 2.75) is 12.1 Å². The molecule has 96 valence electrons. The smallest absolute Gasteiger partial charge is 0.134 e. The minimum Gasteiger partial charge on any atom is -0.506 e. The van der Waals surface area contributed by atoms with Crippen LogP contribution in [0.15, 0.2) is 18.2 Å². The lowest BCUT2D eigenvalue weighted by molar-refractivity contribution is 0.0414. The molecule has 0 aliphatic heterocycles. The average molecular weight is 262 g/mol. The molecule has 17 heavy (non-hydrogen) atoms. The summed E-state index contributed by atoms with van der Waals surface area (Å²) in [7, 11) is 0. The van der Waals surface area contributed by atoms with E-state index in [0.29, 0.717) is 6.54 Å². The quantitative estimate of drug-likeness (QED) is 0.491. The van der Waals surface area contributed by atoms with Gasteiger partial charge in [0, 0.05) is 6.54 Å². The zero-order valence-electron chi connectivity index (χ0n) is 9.23. The first-order valence-corrected chi connectivity index (χ1v) is 5.50. The molecule has 1 aromatic rings. The number of rotatable bonds is 6. The second-order valence-electron chi connectivity index (χ2n) is 3.89. The molecule has 1 rings (SSSR count). The van der Waals surface area contributed by atoms with Gasteiger partial charge in [0.1, 0.15) is 5.75 Å². The summed E-state index contributed by atoms with van der Waals surface area (Å²) in [5, 5.41) is 39.6. The Bertz CT molecular complexity index is 360. The third-order valence-corrected chi connectivity index (χ3v) is 2.89. The molecule has 0 aliphatic carbocycles. The van der Waals surface area contributed by atoms with Gasteiger partial charge in [0.15, 0.2) is 0 Å². The Morgan fingerprint density at radius 3 is 2.18 bits per heavy atom. The molecule has 5 N–H and O–H groups in total. The van der Waals surface area contributed by atoms with Gasteiger partial charge in [-0.2, -0.15) is 0 Å². The van der Waals surface area contributed by atoms with Crippen molar-refractivity contribution in [3.63, 3.8) is 0 Å². The fourth-order valence-electron chi connectivity index (χ4n) is 1.27. The van der Waals surface area contributed by atoms with Crippen LogP contribution in [0.5, 0.6) is 5.75 Å². The molecular formula is C11H16ClNO4. The highest BCUT2D eigenvalue weighted by Crippen LogP contribution is 2.23. The van der Waals surface area contributed by atoms with Gasteiger partial charge in [-0.1, -0.05) is 17.7 Å². The van der Waals surface area contributed by atoms with Crippen molar-refractivity contribution >= 4 is 11.6 Å². The number of aliphatic hydroxyl groups excluding tert-OH is 3. The molecule has 0 heterocycles. The first-order valence-electron chi connectivity index (χ1n) is 5.12. The van der Waals surface area contributed by atoms with Gasteiger partial charge in [-0.15, -0.1) is 0 Å². The predicted molar refractivity (Wildman–Crippen MR) is 63.9 cm³/mol. The Morgan fingerprint density at radius 1 is 1.12 bits per heavy atom. The number of hydrogen-bond donors (Lipinski definition) is 5. The molecule has 6 heteroatoms. The van der Waals surface area contributed by atoms with E-state index in [1.807, 2.05) is 0 Å². The van der Waals surface area contributed by atoms with E-state index in [2.05, 4.69) is 5.32 Å². The van der Waals surface area contributed by atoms with Gasteiger partial charge in [-0.3, -0.25) is 0 Å². The molecule has 5 nitrogen and oxygen atoms in total. The Hall–Kier alpha value is -0.850. The summed E-state index contributed by atoms with van der Waals surface area (Å²) in [4.78, 5) is 0. The summed E-state index contributed by atoms with van der Waals surface area (Å²) in [6, 6.07) is 4.68. The van der Waals surface area contributed by atoms with Crippen LogP contribution in [0.2, 0.25) is 5.02 Å². The van der Waals surface area contributed by atoms with Crippen LogP contribution < -0.4 is 5.32 Å². The molecule has 0 saturated carbocycles. The van der Waals surface area contributed by atoms with Crippen LogP contribution in [0.3, 0.4) is 0 Å². The zero-order valence-corrected chi connectivity index (χ0v) is 9.98. The Morgan fingerprint density at radius 2 is 1.71 bits per heavy atom. The van der Waals surface area contributed by atoms with E-state index in [1.54, 1.807) is 12.1 Å². The standard InChI is InChI=1S/C11H16ClNO4/c12-9-3-8(1-2-10(9)17)4-13-11(5-14,6-15)7-16/h1-3,13-17H,4-7H2. The van der Waals surface area contributed by atoms with Crippen molar-refractivity contribution in [3.8, 4) is 5.75 Å². The molecule has 1 aromatic carbocycles. The van der Waals surface area contributed by atoms with Crippen molar-refractivity contribution in [1.82, 2.24) is 5.32 Å². The third-order valence-electron chi connectivity index (χ3n) is 2.59. The largest absolute Gasteiger partial charge is 0.506 e. The highest BCUT2D eigenvalue weighted by Gasteiger charge is 2.26. The average Bonchev–Trinajstić information content (AvgIpc) is 2.36. The normalized spacial score (nSPS) is 11.8. The highest BCUT2D eigenvalue weighted by atomic mass is 35.5. The molecule has 0 radical (unpaired) electrons. The van der Waals surface area contributed by atoms with E-state index < -0.39 is 5.54 Å². The first-order chi connectivity index (χ1) is 8.06. The van der Waals surface area contributed by atoms with Crippen molar-refractivity contribution in [3.05, 3.63) is 28.8 Å². The predicted octanol–water partition coefficient (Wildman–Crippen LogP) is -0.149. The molecule has 0 spiro atoms. The molecular weight excluding hydrogens is 246 g/mol. The maximum Gasteiger partial charge on any atom is 0.134 e. The number of aromatic hydroxyl groups is 1. The number of hydrogen-bond acceptors (Lipinski definition) is 5. The highest BCUT2D eigenvalue weighted by molar-refractivity contribution is 6.32. The van der Waals surface area contributed by atoms with Gasteiger partial charge < -0.3 is 25.7 Å². The summed E-state index contributed by atoms with van der Waals surface area (Å²) >= 11 is 5.74. The molecule has 0 atom stereocenters. The zero-order chi connectivity index (χ0) is 12.9. The van der Waals surface area contributed by atoms with Crippen LogP contribution in [0.25, 0.3) is 0 Å². The van der Waals surface area contributed by atoms with Crippen LogP contribution >= 0.6 is 11.6 Å². The van der Waals surface area contributed by atoms with Gasteiger partial charge in [-0.05, 0) is 17.7 Å². The van der Waals surface area contributed by atoms with E-state index in [-0.39, 0.29) is 30.6 Å². The van der Waals surface area contributed by atoms with E-state index in [1.165, 1.54) is 6.07 Å². The van der Waals surface area contributed by atoms with E-state index >= 15 is 0 Å². The second-order valence-corrected chi connectivity index (χ2v) is 4.30. The summed E-state index contributed by atoms with van der Waals surface area (Å²) in [5.41, 5.74) is -0.350. The van der Waals surface area contributed by atoms with Crippen molar-refractivity contribution in [2.75, 3.05) is 19.8 Å². The van der Waals surface area contributed by atoms with Crippen LogP contribution in [0.4, 0.5) is 0 Å². The van der Waals surface area contributed by atoms with Crippen LogP contribution in [0, 0.1) is 0 Å². The molecule has 0 aliphatic rings. The maximum atomic E-state index is 9.24. The topological polar surface area (TPSA) is 93.0 Å². The van der Waals surface area contributed by atoms with Crippen LogP contribution in [0.1, 0.15) is 5.56 Å². The Kier molecular flexibility index (Phi) is 5.17. The van der Waals surface area contributed by atoms with Gasteiger partial charge in [0.25, 0.3) is 0 Å². The summed E-state index contributed by atoms with van der Waals surface area (Å²) in [6.07, 6.45) is 0. The minimum absolute atomic E-state index is 0.00634. The molecule has 0 fully saturated rings. The summed E-state index contributed by atoms with van der Waals surface area (Å²) in [5.74, 6) is -0.00634. The number of benzene rings is 1. The minimum atomic E-state index is -1.12. The molecule has 0 saturated heterocycles. The fourth-order valence-corrected chi connectivity index (χ4v) is 1.47. The van der Waals surface area contributed by atoms with Gasteiger partial charge in [-0.25, -0.2) is 0 Å². The van der Waals surface area contributed by atoms with Gasteiger partial charge in [0.05, 0.1) is 30.4 Å². The lowest BCUT2D eigenvalue weighted by atomic mass is 10.0. The van der Waals surface area contributed by atoms with Gasteiger partial charge >= 0.3 is 0 Å². The number of phenolic OH excluding ortho intramolecular Hbond substituents is 1. The van der Waals surface area contributed by atoms with Crippen molar-refractivity contribution < 1.29 is 20.4 Å². The lowest BCUT2D eigenvalue weighted by Gasteiger charge is -2.28. The molecule has 0 aromatic heterocycles. The molecule has 0 bridgehead atoms. The summed E-state index contributed by atoms with van der Waals surface area (Å²) in [6.45, 7) is -0.842.